The van der Waals surface area contributed by atoms with E-state index in [4.69, 9.17) is 0 Å². The van der Waals surface area contributed by atoms with Gasteiger partial charge < -0.3 is 10.6 Å². The number of thiazole rings is 1. The molecule has 0 aliphatic rings. The third kappa shape index (κ3) is 3.84. The molecule has 0 unspecified atom stereocenters. The second-order valence-corrected chi connectivity index (χ2v) is 6.83. The molecule has 4 aromatic rings. The van der Waals surface area contributed by atoms with Crippen molar-refractivity contribution in [2.75, 3.05) is 10.6 Å². The number of urea groups is 1. The zero-order valence-corrected chi connectivity index (χ0v) is 15.0. The molecule has 0 spiro atoms. The lowest BCUT2D eigenvalue weighted by Gasteiger charge is -2.11. The quantitative estimate of drug-likeness (QED) is 0.460. The van der Waals surface area contributed by atoms with E-state index in [0.29, 0.717) is 5.69 Å². The van der Waals surface area contributed by atoms with Gasteiger partial charge in [0.2, 0.25) is 0 Å². The summed E-state index contributed by atoms with van der Waals surface area (Å²) in [6.45, 7) is 0. The normalized spacial score (nSPS) is 11.5. The van der Waals surface area contributed by atoms with Crippen molar-refractivity contribution in [1.29, 1.82) is 0 Å². The van der Waals surface area contributed by atoms with Crippen molar-refractivity contribution < 1.29 is 18.0 Å². The average Bonchev–Trinajstić information content (AvgIpc) is 3.24. The second-order valence-electron chi connectivity index (χ2n) is 5.95. The molecule has 2 aromatic heterocycles. The lowest BCUT2D eigenvalue weighted by Crippen LogP contribution is -2.19. The summed E-state index contributed by atoms with van der Waals surface area (Å²) in [5.74, 6) is 0. The molecule has 2 N–H and O–H groups in total. The van der Waals surface area contributed by atoms with Crippen molar-refractivity contribution in [3.8, 4) is 11.3 Å². The van der Waals surface area contributed by atoms with Gasteiger partial charge in [0.15, 0.2) is 4.96 Å². The molecule has 142 valence electrons. The molecule has 2 aromatic carbocycles. The number of anilines is 2. The Hall–Kier alpha value is -3.33. The number of alkyl halides is 3. The molecule has 9 heteroatoms. The Bertz CT molecular complexity index is 1100. The Morgan fingerprint density at radius 1 is 1.04 bits per heavy atom. The molecular formula is C19H13F3N4OS. The van der Waals surface area contributed by atoms with Gasteiger partial charge in [0, 0.05) is 34.7 Å². The largest absolute Gasteiger partial charge is 0.416 e. The molecule has 4 rings (SSSR count). The van der Waals surface area contributed by atoms with E-state index < -0.39 is 17.8 Å². The van der Waals surface area contributed by atoms with Crippen molar-refractivity contribution in [3.05, 3.63) is 71.9 Å². The van der Waals surface area contributed by atoms with Gasteiger partial charge in [-0.2, -0.15) is 13.2 Å². The fraction of sp³-hybridized carbons (Fsp3) is 0.0526. The summed E-state index contributed by atoms with van der Waals surface area (Å²) in [5, 5.41) is 6.94. The Morgan fingerprint density at radius 3 is 2.50 bits per heavy atom. The number of nitrogens with zero attached hydrogens (tertiary/aromatic N) is 2. The smallest absolute Gasteiger partial charge is 0.308 e. The van der Waals surface area contributed by atoms with Crippen LogP contribution in [-0.2, 0) is 6.18 Å². The number of rotatable bonds is 3. The third-order valence-corrected chi connectivity index (χ3v) is 4.75. The predicted octanol–water partition coefficient (Wildman–Crippen LogP) is 5.73. The van der Waals surface area contributed by atoms with Gasteiger partial charge in [-0.25, -0.2) is 9.78 Å². The molecule has 0 aliphatic carbocycles. The fourth-order valence-electron chi connectivity index (χ4n) is 2.66. The van der Waals surface area contributed by atoms with Gasteiger partial charge in [-0.1, -0.05) is 18.2 Å². The van der Waals surface area contributed by atoms with Crippen LogP contribution in [0.15, 0.2) is 66.3 Å². The second kappa shape index (κ2) is 7.01. The van der Waals surface area contributed by atoms with Crippen LogP contribution in [0.3, 0.4) is 0 Å². The molecule has 2 amide bonds. The van der Waals surface area contributed by atoms with E-state index in [1.807, 2.05) is 34.3 Å². The van der Waals surface area contributed by atoms with Crippen molar-refractivity contribution in [1.82, 2.24) is 9.38 Å². The van der Waals surface area contributed by atoms with E-state index in [1.165, 1.54) is 23.5 Å². The van der Waals surface area contributed by atoms with Crippen LogP contribution < -0.4 is 10.6 Å². The van der Waals surface area contributed by atoms with Crippen molar-refractivity contribution in [2.45, 2.75) is 6.18 Å². The standard InChI is InChI=1S/C19H13F3N4OS/c20-19(21,22)13-2-1-3-15(10-13)24-17(27)23-14-6-4-12(5-7-14)16-11-26-8-9-28-18(26)25-16/h1-11H,(H2,23,24,27). The van der Waals surface area contributed by atoms with E-state index in [0.717, 1.165) is 28.4 Å². The first-order chi connectivity index (χ1) is 13.4. The minimum absolute atomic E-state index is 0.0574. The minimum atomic E-state index is -4.47. The van der Waals surface area contributed by atoms with Crippen LogP contribution in [0.5, 0.6) is 0 Å². The summed E-state index contributed by atoms with van der Waals surface area (Å²) in [5.41, 5.74) is 1.44. The van der Waals surface area contributed by atoms with Crippen LogP contribution in [0, 0.1) is 0 Å². The highest BCUT2D eigenvalue weighted by molar-refractivity contribution is 7.15. The third-order valence-electron chi connectivity index (χ3n) is 3.98. The molecule has 0 radical (unpaired) electrons. The number of carbonyl (C=O) groups excluding carboxylic acids is 1. The Morgan fingerprint density at radius 2 is 1.79 bits per heavy atom. The highest BCUT2D eigenvalue weighted by Gasteiger charge is 2.30. The molecule has 2 heterocycles. The number of carbonyl (C=O) groups is 1. The van der Waals surface area contributed by atoms with Gasteiger partial charge in [-0.3, -0.25) is 4.40 Å². The van der Waals surface area contributed by atoms with Crippen LogP contribution in [0.1, 0.15) is 5.56 Å². The summed E-state index contributed by atoms with van der Waals surface area (Å²) >= 11 is 1.53. The van der Waals surface area contributed by atoms with E-state index in [9.17, 15) is 18.0 Å². The molecule has 5 nitrogen and oxygen atoms in total. The lowest BCUT2D eigenvalue weighted by atomic mass is 10.1. The van der Waals surface area contributed by atoms with E-state index in [-0.39, 0.29) is 5.69 Å². The fourth-order valence-corrected chi connectivity index (χ4v) is 3.36. The number of imidazole rings is 1. The number of nitrogens with one attached hydrogen (secondary N) is 2. The van der Waals surface area contributed by atoms with E-state index >= 15 is 0 Å². The Kier molecular flexibility index (Phi) is 4.52. The lowest BCUT2D eigenvalue weighted by molar-refractivity contribution is -0.137. The van der Waals surface area contributed by atoms with Gasteiger partial charge in [0.1, 0.15) is 0 Å². The SMILES string of the molecule is O=C(Nc1ccc(-c2cn3ccsc3n2)cc1)Nc1cccc(C(F)(F)F)c1. The van der Waals surface area contributed by atoms with Crippen LogP contribution in [0.2, 0.25) is 0 Å². The van der Waals surface area contributed by atoms with Gasteiger partial charge >= 0.3 is 12.2 Å². The molecule has 0 saturated carbocycles. The number of fused-ring (bicyclic) bond motifs is 1. The summed E-state index contributed by atoms with van der Waals surface area (Å²) in [4.78, 5) is 17.5. The van der Waals surface area contributed by atoms with Gasteiger partial charge in [0.05, 0.1) is 11.3 Å². The van der Waals surface area contributed by atoms with Crippen molar-refractivity contribution in [2.24, 2.45) is 0 Å². The first-order valence-corrected chi connectivity index (χ1v) is 9.04. The van der Waals surface area contributed by atoms with E-state index in [2.05, 4.69) is 15.6 Å². The Balaban J connectivity index is 1.43. The number of hydrogen-bond donors (Lipinski definition) is 2. The van der Waals surface area contributed by atoms with Crippen molar-refractivity contribution >= 4 is 33.7 Å². The number of amides is 2. The highest BCUT2D eigenvalue weighted by Crippen LogP contribution is 2.30. The summed E-state index contributed by atoms with van der Waals surface area (Å²) in [6.07, 6.45) is -0.634. The molecule has 0 bridgehead atoms. The first-order valence-electron chi connectivity index (χ1n) is 8.16. The Labute approximate surface area is 161 Å². The molecule has 0 atom stereocenters. The zero-order valence-electron chi connectivity index (χ0n) is 14.2. The molecule has 0 fully saturated rings. The topological polar surface area (TPSA) is 58.4 Å². The predicted molar refractivity (Wildman–Crippen MR) is 103 cm³/mol. The maximum Gasteiger partial charge on any atom is 0.416 e. The summed E-state index contributed by atoms with van der Waals surface area (Å²) < 4.78 is 40.2. The van der Waals surface area contributed by atoms with Gasteiger partial charge in [-0.05, 0) is 30.3 Å². The van der Waals surface area contributed by atoms with Gasteiger partial charge in [0.25, 0.3) is 0 Å². The monoisotopic (exact) mass is 402 g/mol. The van der Waals surface area contributed by atoms with Crippen LogP contribution in [0.25, 0.3) is 16.2 Å². The molecule has 0 aliphatic heterocycles. The molecular weight excluding hydrogens is 389 g/mol. The van der Waals surface area contributed by atoms with Crippen LogP contribution >= 0.6 is 11.3 Å². The highest BCUT2D eigenvalue weighted by atomic mass is 32.1. The average molecular weight is 402 g/mol. The maximum absolute atomic E-state index is 12.7. The molecule has 28 heavy (non-hydrogen) atoms. The first kappa shape index (κ1) is 18.1. The number of benzene rings is 2. The number of hydrogen-bond acceptors (Lipinski definition) is 3. The minimum Gasteiger partial charge on any atom is -0.308 e. The van der Waals surface area contributed by atoms with Gasteiger partial charge in [-0.15, -0.1) is 11.3 Å². The maximum atomic E-state index is 12.7. The molecule has 0 saturated heterocycles. The zero-order chi connectivity index (χ0) is 19.7. The summed E-state index contributed by atoms with van der Waals surface area (Å²) in [6, 6.07) is 10.9. The van der Waals surface area contributed by atoms with Crippen molar-refractivity contribution in [3.63, 3.8) is 0 Å². The summed E-state index contributed by atoms with van der Waals surface area (Å²) in [7, 11) is 0. The van der Waals surface area contributed by atoms with Crippen LogP contribution in [-0.4, -0.2) is 15.4 Å². The number of aromatic nitrogens is 2. The van der Waals surface area contributed by atoms with Crippen LogP contribution in [0.4, 0.5) is 29.3 Å². The number of halogens is 3. The van der Waals surface area contributed by atoms with E-state index in [1.54, 1.807) is 12.1 Å².